The zero-order chi connectivity index (χ0) is 14.0. The van der Waals surface area contributed by atoms with Crippen LogP contribution in [-0.4, -0.2) is 26.3 Å². The molecule has 1 aromatic rings. The highest BCUT2D eigenvalue weighted by molar-refractivity contribution is 7.91. The average Bonchev–Trinajstić information content (AvgIpc) is 2.75. The van der Waals surface area contributed by atoms with Gasteiger partial charge in [-0.05, 0) is 43.5 Å². The Morgan fingerprint density at radius 2 is 1.84 bits per heavy atom. The Morgan fingerprint density at radius 1 is 1.21 bits per heavy atom. The Labute approximate surface area is 110 Å². The number of sulfone groups is 1. The minimum atomic E-state index is -4.55. The first kappa shape index (κ1) is 14.2. The zero-order valence-corrected chi connectivity index (χ0v) is 10.9. The number of alkyl halides is 2. The highest BCUT2D eigenvalue weighted by Crippen LogP contribution is 2.25. The molecular weight excluding hydrogens is 276 g/mol. The van der Waals surface area contributed by atoms with Gasteiger partial charge in [0.25, 0.3) is 0 Å². The van der Waals surface area contributed by atoms with Gasteiger partial charge >= 0.3 is 5.76 Å². The van der Waals surface area contributed by atoms with Crippen molar-refractivity contribution in [2.45, 2.75) is 42.1 Å². The van der Waals surface area contributed by atoms with E-state index < -0.39 is 20.5 Å². The van der Waals surface area contributed by atoms with E-state index in [9.17, 15) is 17.2 Å². The molecule has 0 amide bonds. The van der Waals surface area contributed by atoms with E-state index in [0.717, 1.165) is 31.4 Å². The van der Waals surface area contributed by atoms with E-state index in [0.29, 0.717) is 5.75 Å². The van der Waals surface area contributed by atoms with Crippen molar-refractivity contribution in [2.24, 2.45) is 5.73 Å². The normalized spacial score (nSPS) is 23.8. The summed E-state index contributed by atoms with van der Waals surface area (Å²) in [6, 6.07) is 4.96. The third-order valence-corrected chi connectivity index (χ3v) is 4.58. The summed E-state index contributed by atoms with van der Waals surface area (Å²) in [6.45, 7) is 0. The molecule has 1 aliphatic carbocycles. The average molecular weight is 291 g/mol. The van der Waals surface area contributed by atoms with E-state index in [4.69, 9.17) is 10.5 Å². The number of hydrogen-bond acceptors (Lipinski definition) is 4. The van der Waals surface area contributed by atoms with E-state index in [2.05, 4.69) is 0 Å². The first-order valence-electron chi connectivity index (χ1n) is 5.95. The standard InChI is InChI=1S/C12H15F2NO3S/c13-12(14)19(16,17)9-6-4-8(5-7-9)18-11-3-1-2-10(11)15/h4-7,10-12H,1-3,15H2. The highest BCUT2D eigenvalue weighted by Gasteiger charge is 2.27. The number of rotatable bonds is 4. The lowest BCUT2D eigenvalue weighted by atomic mass is 10.2. The minimum absolute atomic E-state index is 0.0375. The summed E-state index contributed by atoms with van der Waals surface area (Å²) in [5.74, 6) is -2.97. The lowest BCUT2D eigenvalue weighted by molar-refractivity contribution is 0.191. The van der Waals surface area contributed by atoms with Crippen molar-refractivity contribution in [1.29, 1.82) is 0 Å². The first-order valence-corrected chi connectivity index (χ1v) is 7.50. The number of halogens is 2. The van der Waals surface area contributed by atoms with Crippen molar-refractivity contribution in [3.63, 3.8) is 0 Å². The summed E-state index contributed by atoms with van der Waals surface area (Å²) in [6.07, 6.45) is 2.63. The molecule has 0 radical (unpaired) electrons. The molecule has 1 saturated carbocycles. The molecule has 106 valence electrons. The van der Waals surface area contributed by atoms with E-state index in [1.807, 2.05) is 0 Å². The van der Waals surface area contributed by atoms with E-state index in [-0.39, 0.29) is 12.1 Å². The summed E-state index contributed by atoms with van der Waals surface area (Å²) in [4.78, 5) is -0.412. The molecule has 2 N–H and O–H groups in total. The molecular formula is C12H15F2NO3S. The molecule has 1 aromatic carbocycles. The van der Waals surface area contributed by atoms with Crippen molar-refractivity contribution in [3.8, 4) is 5.75 Å². The molecule has 4 nitrogen and oxygen atoms in total. The Kier molecular flexibility index (Phi) is 4.05. The first-order chi connectivity index (χ1) is 8.91. The quantitative estimate of drug-likeness (QED) is 0.920. The van der Waals surface area contributed by atoms with Gasteiger partial charge in [-0.1, -0.05) is 0 Å². The van der Waals surface area contributed by atoms with Gasteiger partial charge in [-0.15, -0.1) is 0 Å². The van der Waals surface area contributed by atoms with Crippen LogP contribution in [0.25, 0.3) is 0 Å². The van der Waals surface area contributed by atoms with Gasteiger partial charge in [0.15, 0.2) is 0 Å². The number of ether oxygens (including phenoxy) is 1. The highest BCUT2D eigenvalue weighted by atomic mass is 32.2. The zero-order valence-electron chi connectivity index (χ0n) is 10.1. The van der Waals surface area contributed by atoms with Crippen LogP contribution in [0.15, 0.2) is 29.2 Å². The largest absolute Gasteiger partial charge is 0.489 e. The molecule has 1 fully saturated rings. The molecule has 0 saturated heterocycles. The topological polar surface area (TPSA) is 69.4 Å². The number of hydrogen-bond donors (Lipinski definition) is 1. The van der Waals surface area contributed by atoms with Crippen LogP contribution >= 0.6 is 0 Å². The van der Waals surface area contributed by atoms with Gasteiger partial charge in [0.1, 0.15) is 11.9 Å². The van der Waals surface area contributed by atoms with Crippen LogP contribution in [-0.2, 0) is 9.84 Å². The van der Waals surface area contributed by atoms with E-state index >= 15 is 0 Å². The molecule has 0 aromatic heterocycles. The SMILES string of the molecule is NC1CCCC1Oc1ccc(S(=O)(=O)C(F)F)cc1. The maximum absolute atomic E-state index is 12.3. The smallest absolute Gasteiger partial charge is 0.341 e. The van der Waals surface area contributed by atoms with Crippen LogP contribution in [0.3, 0.4) is 0 Å². The predicted octanol–water partition coefficient (Wildman–Crippen LogP) is 1.94. The van der Waals surface area contributed by atoms with Crippen LogP contribution in [0.2, 0.25) is 0 Å². The molecule has 0 spiro atoms. The van der Waals surface area contributed by atoms with E-state index in [1.54, 1.807) is 0 Å². The Hall–Kier alpha value is -1.21. The predicted molar refractivity (Wildman–Crippen MR) is 65.9 cm³/mol. The number of benzene rings is 1. The van der Waals surface area contributed by atoms with Crippen molar-refractivity contribution in [1.82, 2.24) is 0 Å². The van der Waals surface area contributed by atoms with Gasteiger partial charge in [0, 0.05) is 6.04 Å². The molecule has 1 aliphatic rings. The van der Waals surface area contributed by atoms with Crippen LogP contribution in [0.4, 0.5) is 8.78 Å². The Balaban J connectivity index is 2.11. The minimum Gasteiger partial charge on any atom is -0.489 e. The molecule has 2 unspecified atom stereocenters. The van der Waals surface area contributed by atoms with Crippen LogP contribution in [0, 0.1) is 0 Å². The second kappa shape index (κ2) is 5.42. The Bertz CT molecular complexity index is 530. The molecule has 0 heterocycles. The van der Waals surface area contributed by atoms with E-state index in [1.165, 1.54) is 12.1 Å². The lowest BCUT2D eigenvalue weighted by Crippen LogP contribution is -2.33. The van der Waals surface area contributed by atoms with Gasteiger partial charge in [-0.3, -0.25) is 0 Å². The molecule has 19 heavy (non-hydrogen) atoms. The van der Waals surface area contributed by atoms with Crippen LogP contribution in [0.5, 0.6) is 5.75 Å². The Morgan fingerprint density at radius 3 is 2.32 bits per heavy atom. The van der Waals surface area contributed by atoms with Gasteiger partial charge in [-0.25, -0.2) is 8.42 Å². The number of nitrogens with two attached hydrogens (primary N) is 1. The van der Waals surface area contributed by atoms with Crippen LogP contribution < -0.4 is 10.5 Å². The summed E-state index contributed by atoms with van der Waals surface area (Å²) >= 11 is 0. The molecule has 0 aliphatic heterocycles. The van der Waals surface area contributed by atoms with Gasteiger partial charge in [0.2, 0.25) is 9.84 Å². The second-order valence-electron chi connectivity index (χ2n) is 4.53. The summed E-state index contributed by atoms with van der Waals surface area (Å²) in [7, 11) is -4.55. The maximum Gasteiger partial charge on any atom is 0.341 e. The summed E-state index contributed by atoms with van der Waals surface area (Å²) < 4.78 is 52.8. The van der Waals surface area contributed by atoms with Crippen molar-refractivity contribution < 1.29 is 21.9 Å². The fraction of sp³-hybridized carbons (Fsp3) is 0.500. The lowest BCUT2D eigenvalue weighted by Gasteiger charge is -2.17. The van der Waals surface area contributed by atoms with Crippen molar-refractivity contribution in [3.05, 3.63) is 24.3 Å². The molecule has 2 rings (SSSR count). The van der Waals surface area contributed by atoms with Crippen molar-refractivity contribution in [2.75, 3.05) is 0 Å². The molecule has 7 heteroatoms. The third-order valence-electron chi connectivity index (χ3n) is 3.18. The third kappa shape index (κ3) is 3.03. The van der Waals surface area contributed by atoms with Crippen LogP contribution in [0.1, 0.15) is 19.3 Å². The molecule has 2 atom stereocenters. The summed E-state index contributed by atoms with van der Waals surface area (Å²) in [5, 5.41) is 0. The monoisotopic (exact) mass is 291 g/mol. The maximum atomic E-state index is 12.3. The fourth-order valence-corrected chi connectivity index (χ4v) is 2.81. The van der Waals surface area contributed by atoms with Crippen molar-refractivity contribution >= 4 is 9.84 Å². The summed E-state index contributed by atoms with van der Waals surface area (Å²) in [5.41, 5.74) is 5.85. The van der Waals surface area contributed by atoms with Gasteiger partial charge in [0.05, 0.1) is 4.90 Å². The second-order valence-corrected chi connectivity index (χ2v) is 6.45. The van der Waals surface area contributed by atoms with Gasteiger partial charge < -0.3 is 10.5 Å². The molecule has 0 bridgehead atoms. The van der Waals surface area contributed by atoms with Gasteiger partial charge in [-0.2, -0.15) is 8.78 Å². The fourth-order valence-electron chi connectivity index (χ4n) is 2.09.